The summed E-state index contributed by atoms with van der Waals surface area (Å²) in [5, 5.41) is 0. The Labute approximate surface area is 66.8 Å². The largest absolute Gasteiger partial charge is 0.469 e. The van der Waals surface area contributed by atoms with E-state index in [2.05, 4.69) is 20.7 Å². The topological polar surface area (TPSA) is 69.4 Å². The highest BCUT2D eigenvalue weighted by atomic mass is 79.9. The van der Waals surface area contributed by atoms with Crippen molar-refractivity contribution < 1.29 is 14.3 Å². The first-order valence-electron chi connectivity index (χ1n) is 2.58. The fourth-order valence-electron chi connectivity index (χ4n) is 0.330. The summed E-state index contributed by atoms with van der Waals surface area (Å²) in [6.45, 7) is 0. The summed E-state index contributed by atoms with van der Waals surface area (Å²) >= 11 is 2.91. The van der Waals surface area contributed by atoms with E-state index in [4.69, 9.17) is 5.73 Å². The maximum Gasteiger partial charge on any atom is 0.307 e. The standard InChI is InChI=1S/C5H8BrNO3/c1-10-4(8)2-3(6)5(7)9/h3H,2H2,1H3,(H2,7,9). The van der Waals surface area contributed by atoms with Crippen molar-refractivity contribution in [1.29, 1.82) is 0 Å². The lowest BCUT2D eigenvalue weighted by Crippen LogP contribution is -2.25. The molecule has 0 bridgehead atoms. The highest BCUT2D eigenvalue weighted by Crippen LogP contribution is 2.04. The Kier molecular flexibility index (Phi) is 4.02. The van der Waals surface area contributed by atoms with Gasteiger partial charge < -0.3 is 10.5 Å². The Morgan fingerprint density at radius 2 is 2.20 bits per heavy atom. The van der Waals surface area contributed by atoms with Crippen LogP contribution < -0.4 is 5.73 Å². The van der Waals surface area contributed by atoms with Crippen molar-refractivity contribution >= 4 is 27.8 Å². The van der Waals surface area contributed by atoms with Crippen LogP contribution in [0.3, 0.4) is 0 Å². The third-order valence-corrected chi connectivity index (χ3v) is 1.66. The van der Waals surface area contributed by atoms with Gasteiger partial charge in [0.2, 0.25) is 5.91 Å². The smallest absolute Gasteiger partial charge is 0.307 e. The van der Waals surface area contributed by atoms with E-state index in [1.165, 1.54) is 7.11 Å². The number of halogens is 1. The summed E-state index contributed by atoms with van der Waals surface area (Å²) in [7, 11) is 1.25. The number of alkyl halides is 1. The van der Waals surface area contributed by atoms with Crippen LogP contribution in [-0.4, -0.2) is 23.8 Å². The third-order valence-electron chi connectivity index (χ3n) is 0.882. The summed E-state index contributed by atoms with van der Waals surface area (Å²) in [4.78, 5) is 20.2. The van der Waals surface area contributed by atoms with E-state index >= 15 is 0 Å². The lowest BCUT2D eigenvalue weighted by molar-refractivity contribution is -0.141. The monoisotopic (exact) mass is 209 g/mol. The van der Waals surface area contributed by atoms with Gasteiger partial charge in [0, 0.05) is 0 Å². The molecule has 0 aromatic carbocycles. The van der Waals surface area contributed by atoms with Crippen LogP contribution in [0.25, 0.3) is 0 Å². The Balaban J connectivity index is 3.68. The molecular formula is C5H8BrNO3. The van der Waals surface area contributed by atoms with Crippen molar-refractivity contribution in [2.75, 3.05) is 7.11 Å². The molecule has 0 aliphatic rings. The summed E-state index contributed by atoms with van der Waals surface area (Å²) in [5.41, 5.74) is 4.85. The molecule has 0 aromatic rings. The minimum atomic E-state index is -0.625. The number of hydrogen-bond donors (Lipinski definition) is 1. The number of methoxy groups -OCH3 is 1. The Hall–Kier alpha value is -0.580. The van der Waals surface area contributed by atoms with E-state index in [0.717, 1.165) is 0 Å². The van der Waals surface area contributed by atoms with Gasteiger partial charge in [-0.3, -0.25) is 9.59 Å². The van der Waals surface area contributed by atoms with Crippen LogP contribution in [0.1, 0.15) is 6.42 Å². The molecule has 0 rings (SSSR count). The quantitative estimate of drug-likeness (QED) is 0.517. The van der Waals surface area contributed by atoms with Gasteiger partial charge in [0.15, 0.2) is 0 Å². The molecule has 0 aliphatic carbocycles. The van der Waals surface area contributed by atoms with Gasteiger partial charge in [-0.1, -0.05) is 15.9 Å². The average molecular weight is 210 g/mol. The van der Waals surface area contributed by atoms with Gasteiger partial charge >= 0.3 is 5.97 Å². The maximum atomic E-state index is 10.5. The molecule has 0 spiro atoms. The maximum absolute atomic E-state index is 10.5. The Morgan fingerprint density at radius 3 is 2.50 bits per heavy atom. The van der Waals surface area contributed by atoms with E-state index in [9.17, 15) is 9.59 Å². The van der Waals surface area contributed by atoms with E-state index < -0.39 is 16.7 Å². The van der Waals surface area contributed by atoms with Gasteiger partial charge in [-0.25, -0.2) is 0 Å². The van der Waals surface area contributed by atoms with Crippen molar-refractivity contribution in [1.82, 2.24) is 0 Å². The van der Waals surface area contributed by atoms with Crippen LogP contribution in [-0.2, 0) is 14.3 Å². The molecule has 0 aromatic heterocycles. The average Bonchev–Trinajstić information content (AvgIpc) is 1.87. The summed E-state index contributed by atoms with van der Waals surface area (Å²) < 4.78 is 4.29. The first kappa shape index (κ1) is 9.42. The SMILES string of the molecule is COC(=O)CC(Br)C(N)=O. The highest BCUT2D eigenvalue weighted by Gasteiger charge is 2.15. The zero-order valence-electron chi connectivity index (χ0n) is 5.46. The number of carbonyl (C=O) groups is 2. The van der Waals surface area contributed by atoms with E-state index in [1.54, 1.807) is 0 Å². The first-order chi connectivity index (χ1) is 4.57. The number of primary amides is 1. The number of nitrogens with two attached hydrogens (primary N) is 1. The van der Waals surface area contributed by atoms with Crippen LogP contribution in [0, 0.1) is 0 Å². The van der Waals surface area contributed by atoms with Crippen molar-refractivity contribution in [3.63, 3.8) is 0 Å². The summed E-state index contributed by atoms with van der Waals surface area (Å²) in [6, 6.07) is 0. The van der Waals surface area contributed by atoms with Crippen LogP contribution >= 0.6 is 15.9 Å². The van der Waals surface area contributed by atoms with E-state index in [-0.39, 0.29) is 6.42 Å². The van der Waals surface area contributed by atoms with Gasteiger partial charge in [-0.05, 0) is 0 Å². The van der Waals surface area contributed by atoms with Gasteiger partial charge in [0.25, 0.3) is 0 Å². The fourth-order valence-corrected chi connectivity index (χ4v) is 0.595. The van der Waals surface area contributed by atoms with Gasteiger partial charge in [0.1, 0.15) is 4.83 Å². The molecule has 0 saturated carbocycles. The van der Waals surface area contributed by atoms with Crippen LogP contribution in [0.4, 0.5) is 0 Å². The third kappa shape index (κ3) is 3.45. The molecule has 58 valence electrons. The van der Waals surface area contributed by atoms with Crippen LogP contribution in [0.2, 0.25) is 0 Å². The van der Waals surface area contributed by atoms with Crippen molar-refractivity contribution in [2.24, 2.45) is 5.73 Å². The molecule has 2 N–H and O–H groups in total. The summed E-state index contributed by atoms with van der Waals surface area (Å²) in [6.07, 6.45) is -0.0220. The number of esters is 1. The number of carbonyl (C=O) groups excluding carboxylic acids is 2. The normalized spacial score (nSPS) is 12.2. The number of rotatable bonds is 3. The lowest BCUT2D eigenvalue weighted by atomic mass is 10.3. The lowest BCUT2D eigenvalue weighted by Gasteiger charge is -2.01. The van der Waals surface area contributed by atoms with E-state index in [0.29, 0.717) is 0 Å². The molecule has 1 amide bonds. The van der Waals surface area contributed by atoms with Crippen molar-refractivity contribution in [3.8, 4) is 0 Å². The molecule has 5 heteroatoms. The fraction of sp³-hybridized carbons (Fsp3) is 0.600. The summed E-state index contributed by atoms with van der Waals surface area (Å²) in [5.74, 6) is -1.02. The second kappa shape index (κ2) is 4.27. The second-order valence-electron chi connectivity index (χ2n) is 1.65. The number of ether oxygens (including phenoxy) is 1. The second-order valence-corrected chi connectivity index (χ2v) is 2.76. The first-order valence-corrected chi connectivity index (χ1v) is 3.49. The molecule has 0 fully saturated rings. The van der Waals surface area contributed by atoms with E-state index in [1.807, 2.05) is 0 Å². The molecular weight excluding hydrogens is 202 g/mol. The zero-order chi connectivity index (χ0) is 8.15. The molecule has 4 nitrogen and oxygen atoms in total. The number of hydrogen-bond acceptors (Lipinski definition) is 3. The zero-order valence-corrected chi connectivity index (χ0v) is 7.05. The molecule has 10 heavy (non-hydrogen) atoms. The van der Waals surface area contributed by atoms with Crippen molar-refractivity contribution in [2.45, 2.75) is 11.2 Å². The molecule has 0 aliphatic heterocycles. The Bertz CT molecular complexity index is 148. The number of amides is 1. The predicted octanol–water partition coefficient (Wildman–Crippen LogP) is -0.202. The van der Waals surface area contributed by atoms with Crippen LogP contribution in [0.15, 0.2) is 0 Å². The van der Waals surface area contributed by atoms with Gasteiger partial charge in [-0.15, -0.1) is 0 Å². The molecule has 1 atom stereocenters. The van der Waals surface area contributed by atoms with Gasteiger partial charge in [-0.2, -0.15) is 0 Å². The molecule has 1 unspecified atom stereocenters. The van der Waals surface area contributed by atoms with Crippen LogP contribution in [0.5, 0.6) is 0 Å². The predicted molar refractivity (Wildman–Crippen MR) is 38.5 cm³/mol. The van der Waals surface area contributed by atoms with Crippen molar-refractivity contribution in [3.05, 3.63) is 0 Å². The Morgan fingerprint density at radius 1 is 1.70 bits per heavy atom. The molecule has 0 radical (unpaired) electrons. The minimum Gasteiger partial charge on any atom is -0.469 e. The minimum absolute atomic E-state index is 0.0220. The molecule has 0 heterocycles. The van der Waals surface area contributed by atoms with Gasteiger partial charge in [0.05, 0.1) is 13.5 Å². The highest BCUT2D eigenvalue weighted by molar-refractivity contribution is 9.10. The molecule has 0 saturated heterocycles.